The summed E-state index contributed by atoms with van der Waals surface area (Å²) in [5.41, 5.74) is 4.78. The summed E-state index contributed by atoms with van der Waals surface area (Å²) in [7, 11) is 3.99. The summed E-state index contributed by atoms with van der Waals surface area (Å²) in [6.45, 7) is 4.19. The van der Waals surface area contributed by atoms with Crippen LogP contribution in [0, 0.1) is 13.8 Å². The lowest BCUT2D eigenvalue weighted by atomic mass is 9.93. The highest BCUT2D eigenvalue weighted by Crippen LogP contribution is 2.31. The van der Waals surface area contributed by atoms with Gasteiger partial charge in [-0.3, -0.25) is 9.67 Å². The third kappa shape index (κ3) is 2.21. The molecule has 0 spiro atoms. The Bertz CT molecular complexity index is 783. The van der Waals surface area contributed by atoms with Gasteiger partial charge in [-0.25, -0.2) is 0 Å². The Balaban J connectivity index is 2.23. The fourth-order valence-electron chi connectivity index (χ4n) is 3.06. The Kier molecular flexibility index (Phi) is 3.47. The van der Waals surface area contributed by atoms with Gasteiger partial charge in [0.1, 0.15) is 0 Å². The molecule has 0 bridgehead atoms. The Labute approximate surface area is 124 Å². The van der Waals surface area contributed by atoms with E-state index < -0.39 is 0 Å². The maximum atomic E-state index is 4.55. The van der Waals surface area contributed by atoms with Crippen LogP contribution in [0.5, 0.6) is 0 Å². The lowest BCUT2D eigenvalue weighted by molar-refractivity contribution is 0.682. The second kappa shape index (κ2) is 5.30. The number of nitrogens with one attached hydrogen (secondary N) is 1. The molecular formula is C17H20N4. The largest absolute Gasteiger partial charge is 0.309 e. The number of aromatic nitrogens is 3. The van der Waals surface area contributed by atoms with Crippen LogP contribution in [0.2, 0.25) is 0 Å². The maximum absolute atomic E-state index is 4.55. The summed E-state index contributed by atoms with van der Waals surface area (Å²) in [6, 6.07) is 8.57. The second-order valence-electron chi connectivity index (χ2n) is 5.37. The van der Waals surface area contributed by atoms with E-state index in [1.165, 1.54) is 22.2 Å². The van der Waals surface area contributed by atoms with Crippen molar-refractivity contribution in [2.45, 2.75) is 19.9 Å². The molecule has 4 nitrogen and oxygen atoms in total. The van der Waals surface area contributed by atoms with E-state index in [0.717, 1.165) is 11.1 Å². The lowest BCUT2D eigenvalue weighted by Crippen LogP contribution is -2.19. The minimum atomic E-state index is 0.129. The predicted molar refractivity (Wildman–Crippen MR) is 85.3 cm³/mol. The quantitative estimate of drug-likeness (QED) is 0.802. The van der Waals surface area contributed by atoms with E-state index in [1.54, 1.807) is 0 Å². The zero-order valence-corrected chi connectivity index (χ0v) is 12.9. The third-order valence-corrected chi connectivity index (χ3v) is 4.17. The molecule has 4 heteroatoms. The molecule has 0 amide bonds. The normalized spacial score (nSPS) is 12.8. The van der Waals surface area contributed by atoms with Crippen LogP contribution in [0.3, 0.4) is 0 Å². The van der Waals surface area contributed by atoms with Crippen molar-refractivity contribution in [2.75, 3.05) is 7.05 Å². The SMILES string of the molecule is CNC(c1c(C)nn(C)c1C)c1cccc2cnccc12. The van der Waals surface area contributed by atoms with Crippen molar-refractivity contribution in [3.05, 3.63) is 59.2 Å². The van der Waals surface area contributed by atoms with E-state index in [9.17, 15) is 0 Å². The van der Waals surface area contributed by atoms with Crippen molar-refractivity contribution in [1.29, 1.82) is 0 Å². The first-order valence-corrected chi connectivity index (χ1v) is 7.13. The second-order valence-corrected chi connectivity index (χ2v) is 5.37. The van der Waals surface area contributed by atoms with E-state index in [-0.39, 0.29) is 6.04 Å². The first-order valence-electron chi connectivity index (χ1n) is 7.13. The van der Waals surface area contributed by atoms with E-state index in [2.05, 4.69) is 53.5 Å². The van der Waals surface area contributed by atoms with Gasteiger partial charge in [0.05, 0.1) is 11.7 Å². The monoisotopic (exact) mass is 280 g/mol. The number of hydrogen-bond donors (Lipinski definition) is 1. The van der Waals surface area contributed by atoms with Gasteiger partial charge >= 0.3 is 0 Å². The number of rotatable bonds is 3. The number of benzene rings is 1. The van der Waals surface area contributed by atoms with Gasteiger partial charge in [-0.2, -0.15) is 5.10 Å². The van der Waals surface area contributed by atoms with Crippen LogP contribution in [0.4, 0.5) is 0 Å². The van der Waals surface area contributed by atoms with Crippen molar-refractivity contribution in [3.63, 3.8) is 0 Å². The summed E-state index contributed by atoms with van der Waals surface area (Å²) in [5.74, 6) is 0. The van der Waals surface area contributed by atoms with E-state index in [4.69, 9.17) is 0 Å². The fourth-order valence-corrected chi connectivity index (χ4v) is 3.06. The van der Waals surface area contributed by atoms with Gasteiger partial charge in [-0.15, -0.1) is 0 Å². The van der Waals surface area contributed by atoms with Crippen LogP contribution in [-0.2, 0) is 7.05 Å². The molecule has 0 radical (unpaired) electrons. The summed E-state index contributed by atoms with van der Waals surface area (Å²) in [6.07, 6.45) is 3.76. The van der Waals surface area contributed by atoms with Crippen LogP contribution in [0.25, 0.3) is 10.8 Å². The van der Waals surface area contributed by atoms with Gasteiger partial charge in [0.15, 0.2) is 0 Å². The number of hydrogen-bond acceptors (Lipinski definition) is 3. The van der Waals surface area contributed by atoms with Gasteiger partial charge in [-0.1, -0.05) is 18.2 Å². The Morgan fingerprint density at radius 2 is 2.00 bits per heavy atom. The molecule has 0 saturated heterocycles. The molecule has 2 heterocycles. The number of pyridine rings is 1. The molecule has 2 aromatic heterocycles. The fraction of sp³-hybridized carbons (Fsp3) is 0.294. The highest BCUT2D eigenvalue weighted by atomic mass is 15.3. The van der Waals surface area contributed by atoms with Crippen molar-refractivity contribution in [1.82, 2.24) is 20.1 Å². The number of nitrogens with zero attached hydrogens (tertiary/aromatic N) is 3. The molecule has 3 rings (SSSR count). The lowest BCUT2D eigenvalue weighted by Gasteiger charge is -2.19. The Morgan fingerprint density at radius 1 is 1.19 bits per heavy atom. The van der Waals surface area contributed by atoms with Crippen molar-refractivity contribution in [2.24, 2.45) is 7.05 Å². The average Bonchev–Trinajstić information content (AvgIpc) is 2.75. The molecule has 3 aromatic rings. The number of fused-ring (bicyclic) bond motifs is 1. The van der Waals surface area contributed by atoms with Gasteiger partial charge in [0, 0.05) is 36.1 Å². The zero-order chi connectivity index (χ0) is 15.0. The highest BCUT2D eigenvalue weighted by Gasteiger charge is 2.21. The zero-order valence-electron chi connectivity index (χ0n) is 12.9. The van der Waals surface area contributed by atoms with Crippen LogP contribution in [0.1, 0.15) is 28.6 Å². The molecule has 0 saturated carbocycles. The molecule has 1 aromatic carbocycles. The van der Waals surface area contributed by atoms with E-state index in [1.807, 2.05) is 31.2 Å². The first kappa shape index (κ1) is 13.8. The topological polar surface area (TPSA) is 42.7 Å². The van der Waals surface area contributed by atoms with Crippen LogP contribution in [0.15, 0.2) is 36.7 Å². The predicted octanol–water partition coefficient (Wildman–Crippen LogP) is 2.89. The van der Waals surface area contributed by atoms with Gasteiger partial charge < -0.3 is 5.32 Å². The molecule has 1 unspecified atom stereocenters. The van der Waals surface area contributed by atoms with E-state index in [0.29, 0.717) is 0 Å². The standard InChI is InChI=1S/C17H20N4/c1-11-16(12(2)21(4)20-11)17(18-3)15-7-5-6-13-10-19-9-8-14(13)15/h5-10,17-18H,1-4H3. The van der Waals surface area contributed by atoms with E-state index >= 15 is 0 Å². The molecular weight excluding hydrogens is 260 g/mol. The average molecular weight is 280 g/mol. The van der Waals surface area contributed by atoms with Crippen molar-refractivity contribution < 1.29 is 0 Å². The van der Waals surface area contributed by atoms with Gasteiger partial charge in [0.2, 0.25) is 0 Å². The number of aryl methyl sites for hydroxylation is 2. The molecule has 0 aliphatic carbocycles. The molecule has 0 aliphatic heterocycles. The molecule has 1 N–H and O–H groups in total. The Morgan fingerprint density at radius 3 is 2.67 bits per heavy atom. The Hall–Kier alpha value is -2.20. The van der Waals surface area contributed by atoms with Crippen LogP contribution < -0.4 is 5.32 Å². The maximum Gasteiger partial charge on any atom is 0.0647 e. The molecule has 0 fully saturated rings. The van der Waals surface area contributed by atoms with Crippen LogP contribution >= 0.6 is 0 Å². The highest BCUT2D eigenvalue weighted by molar-refractivity contribution is 5.85. The van der Waals surface area contributed by atoms with Crippen molar-refractivity contribution >= 4 is 10.8 Å². The minimum absolute atomic E-state index is 0.129. The molecule has 0 aliphatic rings. The third-order valence-electron chi connectivity index (χ3n) is 4.17. The molecule has 1 atom stereocenters. The summed E-state index contributed by atoms with van der Waals surface area (Å²) in [5, 5.41) is 10.4. The van der Waals surface area contributed by atoms with Gasteiger partial charge in [0.25, 0.3) is 0 Å². The minimum Gasteiger partial charge on any atom is -0.309 e. The van der Waals surface area contributed by atoms with Gasteiger partial charge in [-0.05, 0) is 37.9 Å². The van der Waals surface area contributed by atoms with Crippen LogP contribution in [-0.4, -0.2) is 21.8 Å². The smallest absolute Gasteiger partial charge is 0.0647 e. The summed E-state index contributed by atoms with van der Waals surface area (Å²) >= 11 is 0. The summed E-state index contributed by atoms with van der Waals surface area (Å²) in [4.78, 5) is 4.21. The summed E-state index contributed by atoms with van der Waals surface area (Å²) < 4.78 is 1.95. The van der Waals surface area contributed by atoms with Crippen molar-refractivity contribution in [3.8, 4) is 0 Å². The first-order chi connectivity index (χ1) is 10.1. The molecule has 21 heavy (non-hydrogen) atoms. The molecule has 108 valence electrons.